The van der Waals surface area contributed by atoms with Crippen LogP contribution in [-0.4, -0.2) is 20.1 Å². The van der Waals surface area contributed by atoms with E-state index < -0.39 is 17.2 Å². The van der Waals surface area contributed by atoms with Gasteiger partial charge in [0.1, 0.15) is 16.8 Å². The Morgan fingerprint density at radius 3 is 2.03 bits per heavy atom. The molecule has 0 fully saturated rings. The van der Waals surface area contributed by atoms with Crippen molar-refractivity contribution in [2.75, 3.05) is 0 Å². The van der Waals surface area contributed by atoms with E-state index in [2.05, 4.69) is 44.8 Å². The average molecular weight is 454 g/mol. The van der Waals surface area contributed by atoms with Crippen LogP contribution in [0.5, 0.6) is 5.75 Å². The van der Waals surface area contributed by atoms with Crippen LogP contribution in [-0.2, 0) is 17.0 Å². The van der Waals surface area contributed by atoms with Crippen molar-refractivity contribution in [2.45, 2.75) is 51.6 Å². The number of benzene rings is 3. The fourth-order valence-corrected chi connectivity index (χ4v) is 4.18. The standard InChI is InChI=1S/C26H26F3N3O/c1-24(2,3)20-15-17(11-12-18(20)25(4,5)19-8-6-7-9-23(19)33)32-30-21-13-10-16(26(27,28)29)14-22(21)31-32/h6-15,33H,1-5H3. The lowest BCUT2D eigenvalue weighted by Crippen LogP contribution is -2.26. The Hall–Kier alpha value is -3.35. The quantitative estimate of drug-likeness (QED) is 0.372. The first-order valence-corrected chi connectivity index (χ1v) is 10.7. The number of halogens is 3. The summed E-state index contributed by atoms with van der Waals surface area (Å²) in [6, 6.07) is 16.5. The van der Waals surface area contributed by atoms with Crippen molar-refractivity contribution >= 4 is 11.0 Å². The number of phenolic OH excluding ortho intramolecular Hbond substituents is 1. The van der Waals surface area contributed by atoms with Gasteiger partial charge in [-0.15, -0.1) is 10.2 Å². The Bertz CT molecular complexity index is 1330. The lowest BCUT2D eigenvalue weighted by molar-refractivity contribution is -0.137. The zero-order valence-electron chi connectivity index (χ0n) is 19.2. The molecule has 0 aliphatic heterocycles. The molecule has 172 valence electrons. The van der Waals surface area contributed by atoms with Crippen LogP contribution in [0.4, 0.5) is 13.2 Å². The Labute approximate surface area is 190 Å². The lowest BCUT2D eigenvalue weighted by atomic mass is 9.71. The number of aromatic nitrogens is 3. The van der Waals surface area contributed by atoms with Gasteiger partial charge < -0.3 is 5.11 Å². The van der Waals surface area contributed by atoms with E-state index in [0.29, 0.717) is 11.2 Å². The van der Waals surface area contributed by atoms with Gasteiger partial charge in [0.15, 0.2) is 0 Å². The molecule has 0 unspecified atom stereocenters. The molecule has 0 bridgehead atoms. The largest absolute Gasteiger partial charge is 0.508 e. The molecule has 4 nitrogen and oxygen atoms in total. The maximum Gasteiger partial charge on any atom is 0.416 e. The third-order valence-electron chi connectivity index (χ3n) is 6.00. The van der Waals surface area contributed by atoms with Gasteiger partial charge in [-0.05, 0) is 52.9 Å². The molecule has 0 spiro atoms. The predicted octanol–water partition coefficient (Wildman–Crippen LogP) is 6.77. The number of fused-ring (bicyclic) bond motifs is 1. The second kappa shape index (κ2) is 7.61. The van der Waals surface area contributed by atoms with Gasteiger partial charge in [0, 0.05) is 11.0 Å². The maximum absolute atomic E-state index is 13.1. The molecule has 0 atom stereocenters. The molecule has 0 aliphatic carbocycles. The van der Waals surface area contributed by atoms with Crippen LogP contribution in [0.25, 0.3) is 16.7 Å². The summed E-state index contributed by atoms with van der Waals surface area (Å²) in [4.78, 5) is 1.37. The van der Waals surface area contributed by atoms with Gasteiger partial charge >= 0.3 is 6.18 Å². The van der Waals surface area contributed by atoms with Gasteiger partial charge in [-0.3, -0.25) is 0 Å². The minimum atomic E-state index is -4.44. The van der Waals surface area contributed by atoms with Crippen LogP contribution >= 0.6 is 0 Å². The molecule has 1 aromatic heterocycles. The molecule has 3 aromatic carbocycles. The summed E-state index contributed by atoms with van der Waals surface area (Å²) in [6.45, 7) is 10.4. The lowest BCUT2D eigenvalue weighted by Gasteiger charge is -2.34. The number of aromatic hydroxyl groups is 1. The van der Waals surface area contributed by atoms with E-state index >= 15 is 0 Å². The number of rotatable bonds is 3. The molecule has 1 heterocycles. The monoisotopic (exact) mass is 453 g/mol. The van der Waals surface area contributed by atoms with Gasteiger partial charge in [0.2, 0.25) is 0 Å². The third-order valence-corrected chi connectivity index (χ3v) is 6.00. The van der Waals surface area contributed by atoms with Crippen molar-refractivity contribution in [3.05, 3.63) is 82.9 Å². The highest BCUT2D eigenvalue weighted by Gasteiger charge is 2.33. The molecule has 4 aromatic rings. The average Bonchev–Trinajstić information content (AvgIpc) is 3.15. The first-order valence-electron chi connectivity index (χ1n) is 10.7. The number of phenols is 1. The van der Waals surface area contributed by atoms with Crippen molar-refractivity contribution in [2.24, 2.45) is 0 Å². The first-order chi connectivity index (χ1) is 15.3. The van der Waals surface area contributed by atoms with E-state index in [4.69, 9.17) is 0 Å². The van der Waals surface area contributed by atoms with Crippen LogP contribution in [0.2, 0.25) is 0 Å². The van der Waals surface area contributed by atoms with Gasteiger partial charge in [0.25, 0.3) is 0 Å². The van der Waals surface area contributed by atoms with Crippen molar-refractivity contribution in [3.63, 3.8) is 0 Å². The van der Waals surface area contributed by atoms with E-state index in [1.165, 1.54) is 10.9 Å². The molecule has 0 radical (unpaired) electrons. The summed E-state index contributed by atoms with van der Waals surface area (Å²) < 4.78 is 39.2. The van der Waals surface area contributed by atoms with E-state index in [0.717, 1.165) is 28.8 Å². The second-order valence-corrected chi connectivity index (χ2v) is 9.81. The number of para-hydroxylation sites is 1. The predicted molar refractivity (Wildman–Crippen MR) is 123 cm³/mol. The highest BCUT2D eigenvalue weighted by atomic mass is 19.4. The Kier molecular flexibility index (Phi) is 5.26. The van der Waals surface area contributed by atoms with Crippen molar-refractivity contribution in [1.82, 2.24) is 15.0 Å². The fourth-order valence-electron chi connectivity index (χ4n) is 4.18. The normalized spacial score (nSPS) is 13.0. The van der Waals surface area contributed by atoms with Crippen molar-refractivity contribution in [3.8, 4) is 11.4 Å². The van der Waals surface area contributed by atoms with Crippen LogP contribution in [0.3, 0.4) is 0 Å². The van der Waals surface area contributed by atoms with Crippen LogP contribution in [0.1, 0.15) is 56.9 Å². The molecule has 1 N–H and O–H groups in total. The minimum Gasteiger partial charge on any atom is -0.508 e. The molecule has 7 heteroatoms. The van der Waals surface area contributed by atoms with Gasteiger partial charge in [-0.2, -0.15) is 18.0 Å². The molecular weight excluding hydrogens is 427 g/mol. The van der Waals surface area contributed by atoms with Crippen LogP contribution in [0, 0.1) is 0 Å². The van der Waals surface area contributed by atoms with Gasteiger partial charge in [-0.25, -0.2) is 0 Å². The summed E-state index contributed by atoms with van der Waals surface area (Å²) in [6.07, 6.45) is -4.44. The summed E-state index contributed by atoms with van der Waals surface area (Å²) in [5.41, 5.74) is 2.62. The van der Waals surface area contributed by atoms with Crippen LogP contribution < -0.4 is 0 Å². The highest BCUT2D eigenvalue weighted by Crippen LogP contribution is 2.42. The van der Waals surface area contributed by atoms with Crippen molar-refractivity contribution < 1.29 is 18.3 Å². The number of hydrogen-bond acceptors (Lipinski definition) is 3. The number of nitrogens with zero attached hydrogens (tertiary/aromatic N) is 3. The Balaban J connectivity index is 1.85. The zero-order chi connectivity index (χ0) is 24.2. The zero-order valence-corrected chi connectivity index (χ0v) is 19.2. The Morgan fingerprint density at radius 1 is 0.727 bits per heavy atom. The third kappa shape index (κ3) is 4.19. The highest BCUT2D eigenvalue weighted by molar-refractivity contribution is 5.75. The number of hydrogen-bond donors (Lipinski definition) is 1. The summed E-state index contributed by atoms with van der Waals surface area (Å²) in [7, 11) is 0. The van der Waals surface area contributed by atoms with E-state index in [-0.39, 0.29) is 16.7 Å². The fraction of sp³-hybridized carbons (Fsp3) is 0.308. The Morgan fingerprint density at radius 2 is 1.39 bits per heavy atom. The topological polar surface area (TPSA) is 50.9 Å². The molecule has 0 saturated heterocycles. The summed E-state index contributed by atoms with van der Waals surface area (Å²) in [5.74, 6) is 0.229. The molecular formula is C26H26F3N3O. The van der Waals surface area contributed by atoms with Gasteiger partial charge in [0.05, 0.1) is 11.3 Å². The van der Waals surface area contributed by atoms with E-state index in [1.54, 1.807) is 12.1 Å². The molecule has 0 amide bonds. The van der Waals surface area contributed by atoms with Crippen LogP contribution in [0.15, 0.2) is 60.7 Å². The maximum atomic E-state index is 13.1. The van der Waals surface area contributed by atoms with Crippen molar-refractivity contribution in [1.29, 1.82) is 0 Å². The van der Waals surface area contributed by atoms with E-state index in [1.807, 2.05) is 30.3 Å². The summed E-state index contributed by atoms with van der Waals surface area (Å²) >= 11 is 0. The molecule has 0 aliphatic rings. The first kappa shape index (κ1) is 22.8. The molecule has 33 heavy (non-hydrogen) atoms. The summed E-state index contributed by atoms with van der Waals surface area (Å²) in [5, 5.41) is 19.2. The minimum absolute atomic E-state index is 0.181. The molecule has 0 saturated carbocycles. The molecule has 4 rings (SSSR count). The second-order valence-electron chi connectivity index (χ2n) is 9.81. The van der Waals surface area contributed by atoms with E-state index in [9.17, 15) is 18.3 Å². The smallest absolute Gasteiger partial charge is 0.416 e. The number of alkyl halides is 3. The SMILES string of the molecule is CC(C)(C)c1cc(-n2nc3ccc(C(F)(F)F)cc3n2)ccc1C(C)(C)c1ccccc1O. The van der Waals surface area contributed by atoms with Gasteiger partial charge in [-0.1, -0.05) is 58.9 Å².